The largest absolute Gasteiger partial charge is 0.480 e. The summed E-state index contributed by atoms with van der Waals surface area (Å²) in [6.07, 6.45) is 15.2. The highest BCUT2D eigenvalue weighted by Crippen LogP contribution is 2.35. The van der Waals surface area contributed by atoms with E-state index in [1.54, 1.807) is 17.4 Å². The van der Waals surface area contributed by atoms with Crippen LogP contribution in [-0.2, 0) is 70.8 Å². The summed E-state index contributed by atoms with van der Waals surface area (Å²) in [5, 5.41) is 17.3. The summed E-state index contributed by atoms with van der Waals surface area (Å²) < 4.78 is 0. The molecule has 3 amide bonds. The van der Waals surface area contributed by atoms with Crippen molar-refractivity contribution in [2.45, 2.75) is 129 Å². The topological polar surface area (TPSA) is 151 Å². The van der Waals surface area contributed by atoms with Crippen molar-refractivity contribution < 1.29 is 24.3 Å². The van der Waals surface area contributed by atoms with Crippen LogP contribution < -0.4 is 21.7 Å². The normalized spacial score (nSPS) is 21.1. The highest BCUT2D eigenvalue weighted by atomic mass is 32.1. The van der Waals surface area contributed by atoms with Gasteiger partial charge in [-0.1, -0.05) is 60.7 Å². The molecule has 4 aliphatic rings. The minimum absolute atomic E-state index is 0.0262. The molecular formula is C48H62N4O5S2. The molecule has 0 aliphatic heterocycles. The van der Waals surface area contributed by atoms with Crippen LogP contribution in [0.15, 0.2) is 72.8 Å². The van der Waals surface area contributed by atoms with Crippen molar-refractivity contribution in [2.24, 2.45) is 29.4 Å². The number of carboxylic acid groups (broad SMARTS) is 1. The number of aryl methyl sites for hydroxylation is 4. The third-order valence-electron chi connectivity index (χ3n) is 12.3. The molecule has 0 saturated heterocycles. The number of hydrogen-bond acceptors (Lipinski definition) is 7. The summed E-state index contributed by atoms with van der Waals surface area (Å²) >= 11 is 3.71. The predicted molar refractivity (Wildman–Crippen MR) is 237 cm³/mol. The summed E-state index contributed by atoms with van der Waals surface area (Å²) in [6.45, 7) is 4.55. The summed E-state index contributed by atoms with van der Waals surface area (Å²) in [4.78, 5) is 53.4. The quantitative estimate of drug-likeness (QED) is 0.0923. The van der Waals surface area contributed by atoms with Crippen LogP contribution in [0.3, 0.4) is 0 Å². The van der Waals surface area contributed by atoms with Gasteiger partial charge in [0.15, 0.2) is 0 Å². The molecule has 11 heteroatoms. The van der Waals surface area contributed by atoms with Crippen LogP contribution in [0.4, 0.5) is 0 Å². The number of carbonyl (C=O) groups is 4. The lowest BCUT2D eigenvalue weighted by Crippen LogP contribution is -2.46. The van der Waals surface area contributed by atoms with Crippen LogP contribution in [-0.4, -0.2) is 40.9 Å². The fourth-order valence-corrected chi connectivity index (χ4v) is 11.3. The van der Waals surface area contributed by atoms with Crippen LogP contribution in [0.1, 0.15) is 107 Å². The van der Waals surface area contributed by atoms with Gasteiger partial charge in [-0.15, -0.1) is 22.7 Å². The summed E-state index contributed by atoms with van der Waals surface area (Å²) in [5.74, 6) is -0.118. The van der Waals surface area contributed by atoms with Gasteiger partial charge in [-0.3, -0.25) is 19.2 Å². The van der Waals surface area contributed by atoms with Gasteiger partial charge in [0, 0.05) is 37.9 Å². The van der Waals surface area contributed by atoms with Gasteiger partial charge in [-0.2, -0.15) is 0 Å². The maximum Gasteiger partial charge on any atom is 0.325 e. The smallest absolute Gasteiger partial charge is 0.325 e. The molecule has 316 valence electrons. The Kier molecular flexibility index (Phi) is 16.3. The van der Waals surface area contributed by atoms with Crippen LogP contribution in [0.25, 0.3) is 0 Å². The number of aliphatic carboxylic acids is 1. The van der Waals surface area contributed by atoms with Gasteiger partial charge >= 0.3 is 5.97 Å². The Bertz CT molecular complexity index is 1950. The van der Waals surface area contributed by atoms with Crippen molar-refractivity contribution in [1.82, 2.24) is 16.0 Å². The SMILES string of the molecule is C[C@H](NC(=O)[C@@H]1CC[C@@H](Cc2ccccc2)C1)C(=O)NCc1cc2c(s1)CCC2.C[C@H](NC(=O)[C@@H]1CC[C@@H](Cc2ccccc2)C1)C(=O)O.NCc1cc2c(s1)CCC2. The van der Waals surface area contributed by atoms with Crippen LogP contribution in [0.5, 0.6) is 0 Å². The molecule has 2 saturated carbocycles. The molecule has 2 fully saturated rings. The van der Waals surface area contributed by atoms with Crippen LogP contribution in [0, 0.1) is 23.7 Å². The van der Waals surface area contributed by atoms with E-state index in [0.29, 0.717) is 18.4 Å². The number of thiophene rings is 2. The molecule has 59 heavy (non-hydrogen) atoms. The lowest BCUT2D eigenvalue weighted by Gasteiger charge is -2.17. The first-order chi connectivity index (χ1) is 28.5. The van der Waals surface area contributed by atoms with Gasteiger partial charge in [-0.05, 0) is 150 Å². The Hall–Kier alpha value is -4.32. The van der Waals surface area contributed by atoms with E-state index in [0.717, 1.165) is 57.9 Å². The Morgan fingerprint density at radius 3 is 1.63 bits per heavy atom. The molecule has 4 aliphatic carbocycles. The molecule has 4 aromatic rings. The zero-order chi connectivity index (χ0) is 41.7. The Labute approximate surface area is 358 Å². The Morgan fingerprint density at radius 2 is 1.15 bits per heavy atom. The second-order valence-corrected chi connectivity index (χ2v) is 19.3. The van der Waals surface area contributed by atoms with Crippen LogP contribution in [0.2, 0.25) is 0 Å². The minimum atomic E-state index is -0.989. The third kappa shape index (κ3) is 13.1. The molecule has 8 rings (SSSR count). The van der Waals surface area contributed by atoms with Gasteiger partial charge in [0.25, 0.3) is 0 Å². The van der Waals surface area contributed by atoms with Crippen molar-refractivity contribution in [3.8, 4) is 0 Å². The average Bonchev–Trinajstić information content (AvgIpc) is 4.09. The fourth-order valence-electron chi connectivity index (χ4n) is 8.98. The minimum Gasteiger partial charge on any atom is -0.480 e. The highest BCUT2D eigenvalue weighted by Gasteiger charge is 2.32. The zero-order valence-corrected chi connectivity index (χ0v) is 36.3. The standard InChI is InChI=1S/C24H30N2O2S.C16H21NO3.C8H11NS/c1-16(23(27)25-15-21-14-19-8-5-9-22(19)29-21)26-24(28)20-11-10-18(13-20)12-17-6-3-2-4-7-17;1-11(16(19)20)17-15(18)14-8-7-13(10-14)9-12-5-3-2-4-6-12;9-5-7-4-6-2-1-3-8(6)10-7/h2-4,6-7,14,16,18,20H,5,8-13,15H2,1H3,(H,25,27)(H,26,28);2-6,11,13-14H,7-10H2,1H3,(H,17,18)(H,19,20);4H,1-3,5,9H2/t16-,18-,20+;11-,13-,14+;/m00./s1. The van der Waals surface area contributed by atoms with Crippen molar-refractivity contribution in [3.63, 3.8) is 0 Å². The molecule has 0 radical (unpaired) electrons. The van der Waals surface area contributed by atoms with E-state index in [-0.39, 0.29) is 29.6 Å². The summed E-state index contributed by atoms with van der Waals surface area (Å²) in [7, 11) is 0. The van der Waals surface area contributed by atoms with Gasteiger partial charge in [0.1, 0.15) is 12.1 Å². The zero-order valence-electron chi connectivity index (χ0n) is 34.7. The average molecular weight is 839 g/mol. The number of nitrogens with one attached hydrogen (secondary N) is 3. The van der Waals surface area contributed by atoms with E-state index < -0.39 is 18.1 Å². The van der Waals surface area contributed by atoms with Crippen molar-refractivity contribution >= 4 is 46.4 Å². The second-order valence-electron chi connectivity index (χ2n) is 16.9. The monoisotopic (exact) mass is 838 g/mol. The summed E-state index contributed by atoms with van der Waals surface area (Å²) in [6, 6.07) is 24.0. The number of carboxylic acids is 1. The van der Waals surface area contributed by atoms with E-state index in [2.05, 4.69) is 64.5 Å². The van der Waals surface area contributed by atoms with Gasteiger partial charge < -0.3 is 26.8 Å². The number of carbonyl (C=O) groups excluding carboxylic acids is 3. The van der Waals surface area contributed by atoms with Gasteiger partial charge in [0.05, 0.1) is 6.54 Å². The first-order valence-electron chi connectivity index (χ1n) is 21.6. The molecule has 2 aromatic heterocycles. The molecule has 0 bridgehead atoms. The molecule has 6 N–H and O–H groups in total. The Balaban J connectivity index is 0.000000167. The molecule has 0 unspecified atom stereocenters. The maximum absolute atomic E-state index is 12.6. The molecule has 0 spiro atoms. The van der Waals surface area contributed by atoms with Crippen molar-refractivity contribution in [2.75, 3.05) is 0 Å². The summed E-state index contributed by atoms with van der Waals surface area (Å²) in [5.41, 5.74) is 11.2. The number of rotatable bonds is 13. The Morgan fingerprint density at radius 1 is 0.678 bits per heavy atom. The number of nitrogens with two attached hydrogens (primary N) is 1. The lowest BCUT2D eigenvalue weighted by molar-refractivity contribution is -0.141. The molecular weight excluding hydrogens is 777 g/mol. The van der Waals surface area contributed by atoms with Gasteiger partial charge in [0.2, 0.25) is 17.7 Å². The van der Waals surface area contributed by atoms with E-state index in [1.165, 1.54) is 76.8 Å². The molecule has 2 heterocycles. The first kappa shape index (κ1) is 44.2. The lowest BCUT2D eigenvalue weighted by atomic mass is 9.96. The highest BCUT2D eigenvalue weighted by molar-refractivity contribution is 7.12. The fraction of sp³-hybridized carbons (Fsp3) is 0.500. The van der Waals surface area contributed by atoms with E-state index in [1.807, 2.05) is 46.9 Å². The van der Waals surface area contributed by atoms with E-state index >= 15 is 0 Å². The van der Waals surface area contributed by atoms with E-state index in [9.17, 15) is 19.2 Å². The van der Waals surface area contributed by atoms with Crippen LogP contribution >= 0.6 is 22.7 Å². The number of benzene rings is 2. The van der Waals surface area contributed by atoms with Crippen molar-refractivity contribution in [1.29, 1.82) is 0 Å². The van der Waals surface area contributed by atoms with Crippen molar-refractivity contribution in [3.05, 3.63) is 115 Å². The predicted octanol–water partition coefficient (Wildman–Crippen LogP) is 7.95. The van der Waals surface area contributed by atoms with Gasteiger partial charge in [-0.25, -0.2) is 0 Å². The number of hydrogen-bond donors (Lipinski definition) is 5. The third-order valence-corrected chi connectivity index (χ3v) is 14.8. The number of amides is 3. The second kappa shape index (κ2) is 21.8. The first-order valence-corrected chi connectivity index (χ1v) is 23.3. The number of fused-ring (bicyclic) bond motifs is 2. The molecule has 9 nitrogen and oxygen atoms in total. The maximum atomic E-state index is 12.6. The molecule has 2 aromatic carbocycles. The van der Waals surface area contributed by atoms with E-state index in [4.69, 9.17) is 10.8 Å². The molecule has 6 atom stereocenters.